The fourth-order valence-electron chi connectivity index (χ4n) is 5.09. The Balaban J connectivity index is 1.24. The SMILES string of the molecule is NC1CC(N2CC3=C(C2)N(CC2CC2)CCC3)COC1c1cc(F)ccc1F. The molecule has 0 aromatic heterocycles. The van der Waals surface area contributed by atoms with Crippen LogP contribution in [0.4, 0.5) is 8.78 Å². The first-order valence-corrected chi connectivity index (χ1v) is 10.6. The number of nitrogens with two attached hydrogens (primary N) is 1. The lowest BCUT2D eigenvalue weighted by atomic mass is 9.93. The van der Waals surface area contributed by atoms with Crippen LogP contribution in [0.5, 0.6) is 0 Å². The summed E-state index contributed by atoms with van der Waals surface area (Å²) in [5.41, 5.74) is 9.72. The molecule has 28 heavy (non-hydrogen) atoms. The standard InChI is InChI=1S/C22H29F2N3O/c23-16-5-6-19(24)18(8-16)22-20(25)9-17(13-28-22)27-11-15-2-1-7-26(21(15)12-27)10-14-3-4-14/h5-6,8,14,17,20,22H,1-4,7,9-13,25H2. The van der Waals surface area contributed by atoms with Gasteiger partial charge >= 0.3 is 0 Å². The van der Waals surface area contributed by atoms with Crippen LogP contribution in [0.1, 0.15) is 43.8 Å². The topological polar surface area (TPSA) is 41.7 Å². The van der Waals surface area contributed by atoms with E-state index in [4.69, 9.17) is 10.5 Å². The Bertz CT molecular complexity index is 779. The molecule has 1 aromatic carbocycles. The van der Waals surface area contributed by atoms with E-state index in [9.17, 15) is 8.78 Å². The van der Waals surface area contributed by atoms with Gasteiger partial charge in [-0.1, -0.05) is 0 Å². The first-order valence-electron chi connectivity index (χ1n) is 10.6. The summed E-state index contributed by atoms with van der Waals surface area (Å²) in [5, 5.41) is 0. The van der Waals surface area contributed by atoms with Crippen LogP contribution in [0.15, 0.2) is 29.5 Å². The smallest absolute Gasteiger partial charge is 0.129 e. The number of hydrogen-bond donors (Lipinski definition) is 1. The van der Waals surface area contributed by atoms with Gasteiger partial charge in [0.1, 0.15) is 17.7 Å². The van der Waals surface area contributed by atoms with Crippen molar-refractivity contribution in [1.29, 1.82) is 0 Å². The molecule has 1 aromatic rings. The van der Waals surface area contributed by atoms with E-state index < -0.39 is 17.7 Å². The van der Waals surface area contributed by atoms with Gasteiger partial charge in [0, 0.05) is 49.5 Å². The summed E-state index contributed by atoms with van der Waals surface area (Å²) >= 11 is 0. The normalized spacial score (nSPS) is 31.4. The summed E-state index contributed by atoms with van der Waals surface area (Å²) in [4.78, 5) is 5.10. The highest BCUT2D eigenvalue weighted by molar-refractivity contribution is 5.26. The molecule has 0 spiro atoms. The van der Waals surface area contributed by atoms with Gasteiger partial charge in [-0.15, -0.1) is 0 Å². The quantitative estimate of drug-likeness (QED) is 0.859. The lowest BCUT2D eigenvalue weighted by Crippen LogP contribution is -2.49. The number of ether oxygens (including phenoxy) is 1. The molecular weight excluding hydrogens is 360 g/mol. The van der Waals surface area contributed by atoms with Gasteiger partial charge in [-0.05, 0) is 61.8 Å². The molecular formula is C22H29F2N3O. The summed E-state index contributed by atoms with van der Waals surface area (Å²) in [6.45, 7) is 4.88. The van der Waals surface area contributed by atoms with Gasteiger partial charge in [-0.2, -0.15) is 0 Å². The molecule has 3 aliphatic heterocycles. The largest absolute Gasteiger partial charge is 0.373 e. The molecule has 4 nitrogen and oxygen atoms in total. The Hall–Kier alpha value is -1.50. The first kappa shape index (κ1) is 18.5. The van der Waals surface area contributed by atoms with Gasteiger partial charge in [0.05, 0.1) is 6.61 Å². The van der Waals surface area contributed by atoms with E-state index >= 15 is 0 Å². The minimum absolute atomic E-state index is 0.233. The molecule has 3 atom stereocenters. The lowest BCUT2D eigenvalue weighted by molar-refractivity contribution is -0.0469. The van der Waals surface area contributed by atoms with Gasteiger partial charge < -0.3 is 15.4 Å². The predicted molar refractivity (Wildman–Crippen MR) is 104 cm³/mol. The Morgan fingerprint density at radius 1 is 1.18 bits per heavy atom. The summed E-state index contributed by atoms with van der Waals surface area (Å²) in [5.74, 6) is -0.00919. The average Bonchev–Trinajstić information content (AvgIpc) is 3.38. The van der Waals surface area contributed by atoms with Crippen molar-refractivity contribution in [3.05, 3.63) is 46.7 Å². The third kappa shape index (κ3) is 3.58. The van der Waals surface area contributed by atoms with E-state index in [1.165, 1.54) is 50.5 Å². The van der Waals surface area contributed by atoms with Gasteiger partial charge in [-0.3, -0.25) is 4.90 Å². The highest BCUT2D eigenvalue weighted by Crippen LogP contribution is 2.38. The van der Waals surface area contributed by atoms with Gasteiger partial charge in [0.25, 0.3) is 0 Å². The van der Waals surface area contributed by atoms with Crippen LogP contribution in [-0.4, -0.2) is 54.7 Å². The molecule has 1 saturated carbocycles. The van der Waals surface area contributed by atoms with Crippen molar-refractivity contribution in [2.24, 2.45) is 11.7 Å². The molecule has 0 bridgehead atoms. The van der Waals surface area contributed by atoms with Crippen LogP contribution < -0.4 is 5.73 Å². The maximum atomic E-state index is 14.2. The zero-order valence-electron chi connectivity index (χ0n) is 16.2. The van der Waals surface area contributed by atoms with E-state index in [1.807, 2.05) is 0 Å². The van der Waals surface area contributed by atoms with Gasteiger partial charge in [0.15, 0.2) is 0 Å². The minimum atomic E-state index is -0.580. The second-order valence-electron chi connectivity index (χ2n) is 8.92. The molecule has 1 saturated heterocycles. The highest BCUT2D eigenvalue weighted by atomic mass is 19.1. The first-order chi connectivity index (χ1) is 13.6. The molecule has 4 aliphatic rings. The Morgan fingerprint density at radius 3 is 2.82 bits per heavy atom. The third-order valence-corrected chi connectivity index (χ3v) is 6.80. The zero-order chi connectivity index (χ0) is 19.3. The summed E-state index contributed by atoms with van der Waals surface area (Å²) in [7, 11) is 0. The minimum Gasteiger partial charge on any atom is -0.373 e. The maximum Gasteiger partial charge on any atom is 0.129 e. The van der Waals surface area contributed by atoms with E-state index in [1.54, 1.807) is 5.57 Å². The Labute approximate surface area is 165 Å². The number of benzene rings is 1. The van der Waals surface area contributed by atoms with Crippen LogP contribution in [0.25, 0.3) is 0 Å². The molecule has 0 radical (unpaired) electrons. The molecule has 1 aliphatic carbocycles. The summed E-state index contributed by atoms with van der Waals surface area (Å²) in [6, 6.07) is 3.39. The van der Waals surface area contributed by atoms with Gasteiger partial charge in [0.2, 0.25) is 0 Å². The predicted octanol–water partition coefficient (Wildman–Crippen LogP) is 3.20. The zero-order valence-corrected chi connectivity index (χ0v) is 16.2. The van der Waals surface area contributed by atoms with Crippen molar-refractivity contribution in [1.82, 2.24) is 9.80 Å². The fourth-order valence-corrected chi connectivity index (χ4v) is 5.09. The van der Waals surface area contributed by atoms with Crippen LogP contribution in [0.2, 0.25) is 0 Å². The number of hydrogen-bond acceptors (Lipinski definition) is 4. The Kier molecular flexibility index (Phi) is 4.89. The molecule has 3 heterocycles. The lowest BCUT2D eigenvalue weighted by Gasteiger charge is -2.39. The van der Waals surface area contributed by atoms with Crippen molar-refractivity contribution >= 4 is 0 Å². The van der Waals surface area contributed by atoms with Crippen molar-refractivity contribution in [3.63, 3.8) is 0 Å². The van der Waals surface area contributed by atoms with Crippen LogP contribution in [-0.2, 0) is 4.74 Å². The Morgan fingerprint density at radius 2 is 2.04 bits per heavy atom. The van der Waals surface area contributed by atoms with Crippen molar-refractivity contribution < 1.29 is 13.5 Å². The fraction of sp³-hybridized carbons (Fsp3) is 0.636. The van der Waals surface area contributed by atoms with Crippen LogP contribution in [0.3, 0.4) is 0 Å². The second-order valence-corrected chi connectivity index (χ2v) is 8.92. The number of halogens is 2. The summed E-state index contributed by atoms with van der Waals surface area (Å²) in [6.07, 6.45) is 5.37. The molecule has 6 heteroatoms. The molecule has 152 valence electrons. The van der Waals surface area contributed by atoms with E-state index in [2.05, 4.69) is 9.80 Å². The number of nitrogens with zero attached hydrogens (tertiary/aromatic N) is 2. The third-order valence-electron chi connectivity index (χ3n) is 6.80. The van der Waals surface area contributed by atoms with Gasteiger partial charge in [-0.25, -0.2) is 8.78 Å². The highest BCUT2D eigenvalue weighted by Gasteiger charge is 2.39. The molecule has 2 N–H and O–H groups in total. The second kappa shape index (κ2) is 7.39. The molecule has 5 rings (SSSR count). The monoisotopic (exact) mass is 389 g/mol. The molecule has 0 amide bonds. The van der Waals surface area contributed by atoms with E-state index in [0.29, 0.717) is 6.61 Å². The molecule has 3 unspecified atom stereocenters. The van der Waals surface area contributed by atoms with Crippen molar-refractivity contribution in [3.8, 4) is 0 Å². The maximum absolute atomic E-state index is 14.2. The van der Waals surface area contributed by atoms with E-state index in [0.717, 1.165) is 37.6 Å². The van der Waals surface area contributed by atoms with Crippen molar-refractivity contribution in [2.45, 2.75) is 50.3 Å². The van der Waals surface area contributed by atoms with Crippen molar-refractivity contribution in [2.75, 3.05) is 32.8 Å². The molecule has 2 fully saturated rings. The summed E-state index contributed by atoms with van der Waals surface area (Å²) < 4.78 is 33.7. The average molecular weight is 389 g/mol. The van der Waals surface area contributed by atoms with Crippen LogP contribution in [0, 0.1) is 17.6 Å². The number of rotatable bonds is 4. The van der Waals surface area contributed by atoms with Crippen LogP contribution >= 0.6 is 0 Å². The van der Waals surface area contributed by atoms with E-state index in [-0.39, 0.29) is 17.6 Å².